The lowest BCUT2D eigenvalue weighted by Crippen LogP contribution is -2.30. The van der Waals surface area contributed by atoms with E-state index < -0.39 is 0 Å². The van der Waals surface area contributed by atoms with Crippen molar-refractivity contribution in [3.8, 4) is 5.75 Å². The minimum Gasteiger partial charge on any atom is -0.496 e. The molecule has 0 radical (unpaired) electrons. The van der Waals surface area contributed by atoms with Crippen molar-refractivity contribution in [2.75, 3.05) is 13.7 Å². The van der Waals surface area contributed by atoms with Gasteiger partial charge in [0.15, 0.2) is 5.76 Å². The summed E-state index contributed by atoms with van der Waals surface area (Å²) < 4.78 is 11.5. The first-order valence-corrected chi connectivity index (χ1v) is 9.04. The lowest BCUT2D eigenvalue weighted by atomic mass is 10.0. The highest BCUT2D eigenvalue weighted by atomic mass is 16.5. The molecule has 1 fully saturated rings. The molecule has 1 aromatic heterocycles. The van der Waals surface area contributed by atoms with Crippen LogP contribution in [0.4, 0.5) is 0 Å². The number of likely N-dealkylation sites (tertiary alicyclic amines) is 1. The van der Waals surface area contributed by atoms with E-state index in [9.17, 15) is 4.79 Å². The largest absolute Gasteiger partial charge is 0.496 e. The Morgan fingerprint density at radius 2 is 2.00 bits per heavy atom. The number of hydrogen-bond donors (Lipinski definition) is 0. The molecule has 4 nitrogen and oxygen atoms in total. The maximum Gasteiger partial charge on any atom is 0.290 e. The van der Waals surface area contributed by atoms with Crippen LogP contribution in [0.3, 0.4) is 0 Å². The minimum atomic E-state index is -0.0373. The molecule has 0 unspecified atom stereocenters. The Kier molecular flexibility index (Phi) is 4.19. The second kappa shape index (κ2) is 6.52. The van der Waals surface area contributed by atoms with E-state index in [0.29, 0.717) is 5.76 Å². The second-order valence-electron chi connectivity index (χ2n) is 6.95. The molecule has 0 N–H and O–H groups in total. The monoisotopic (exact) mass is 349 g/mol. The lowest BCUT2D eigenvalue weighted by Gasteiger charge is -2.25. The number of amides is 1. The van der Waals surface area contributed by atoms with Gasteiger partial charge in [-0.2, -0.15) is 0 Å². The summed E-state index contributed by atoms with van der Waals surface area (Å²) in [4.78, 5) is 15.2. The Morgan fingerprint density at radius 3 is 2.81 bits per heavy atom. The molecule has 0 saturated carbocycles. The van der Waals surface area contributed by atoms with Crippen LogP contribution >= 0.6 is 0 Å². The first kappa shape index (κ1) is 16.7. The average molecular weight is 349 g/mol. The Hall–Kier alpha value is -2.75. The third-order valence-corrected chi connectivity index (χ3v) is 5.30. The van der Waals surface area contributed by atoms with Crippen LogP contribution in [0.15, 0.2) is 46.9 Å². The van der Waals surface area contributed by atoms with Crippen molar-refractivity contribution in [3.05, 3.63) is 64.9 Å². The summed E-state index contributed by atoms with van der Waals surface area (Å²) in [6.45, 7) is 4.75. The number of para-hydroxylation sites is 1. The van der Waals surface area contributed by atoms with Gasteiger partial charge < -0.3 is 14.1 Å². The van der Waals surface area contributed by atoms with Crippen molar-refractivity contribution in [1.82, 2.24) is 4.90 Å². The van der Waals surface area contributed by atoms with Gasteiger partial charge in [-0.25, -0.2) is 0 Å². The van der Waals surface area contributed by atoms with E-state index in [0.717, 1.165) is 52.8 Å². The van der Waals surface area contributed by atoms with Gasteiger partial charge in [0.25, 0.3) is 5.91 Å². The Labute approximate surface area is 153 Å². The number of fused-ring (bicyclic) bond motifs is 1. The summed E-state index contributed by atoms with van der Waals surface area (Å²) in [5.74, 6) is 1.24. The molecule has 4 rings (SSSR count). The molecule has 1 aliphatic rings. The molecule has 2 aromatic carbocycles. The molecule has 2 heterocycles. The number of aryl methyl sites for hydroxylation is 2. The molecular formula is C22H23NO3. The fourth-order valence-electron chi connectivity index (χ4n) is 3.94. The van der Waals surface area contributed by atoms with Gasteiger partial charge >= 0.3 is 0 Å². The first-order chi connectivity index (χ1) is 12.6. The number of ether oxygens (including phenoxy) is 1. The zero-order valence-electron chi connectivity index (χ0n) is 15.4. The number of benzene rings is 2. The number of rotatable bonds is 3. The molecule has 4 heteroatoms. The Morgan fingerprint density at radius 1 is 1.19 bits per heavy atom. The van der Waals surface area contributed by atoms with Gasteiger partial charge in [-0.3, -0.25) is 4.79 Å². The van der Waals surface area contributed by atoms with E-state index >= 15 is 0 Å². The Balaban J connectivity index is 1.72. The SMILES string of the molecule is COc1ccccc1[C@H]1CCCN1C(=O)c1oc2ccc(C)cc2c1C. The number of carbonyl (C=O) groups is 1. The predicted molar refractivity (Wildman–Crippen MR) is 102 cm³/mol. The van der Waals surface area contributed by atoms with Gasteiger partial charge in [-0.1, -0.05) is 29.8 Å². The van der Waals surface area contributed by atoms with Crippen LogP contribution in [-0.4, -0.2) is 24.5 Å². The van der Waals surface area contributed by atoms with Crippen LogP contribution in [0.5, 0.6) is 5.75 Å². The molecule has 1 atom stereocenters. The fraction of sp³-hybridized carbons (Fsp3) is 0.318. The normalized spacial score (nSPS) is 17.0. The van der Waals surface area contributed by atoms with Crippen LogP contribution in [0, 0.1) is 13.8 Å². The standard InChI is InChI=1S/C22H23NO3/c1-14-10-11-20-17(13-14)15(2)21(26-20)22(24)23-12-6-8-18(23)16-7-4-5-9-19(16)25-3/h4-5,7,9-11,13,18H,6,8,12H2,1-3H3/t18-/m1/s1. The predicted octanol–water partition coefficient (Wildman–Crippen LogP) is 5.04. The number of hydrogen-bond acceptors (Lipinski definition) is 3. The zero-order valence-corrected chi connectivity index (χ0v) is 15.4. The van der Waals surface area contributed by atoms with E-state index in [2.05, 4.69) is 6.07 Å². The second-order valence-corrected chi connectivity index (χ2v) is 6.95. The highest BCUT2D eigenvalue weighted by Gasteiger charge is 2.34. The summed E-state index contributed by atoms with van der Waals surface area (Å²) in [5.41, 5.74) is 3.91. The molecule has 0 spiro atoms. The van der Waals surface area contributed by atoms with Crippen LogP contribution in [0.25, 0.3) is 11.0 Å². The maximum atomic E-state index is 13.3. The van der Waals surface area contributed by atoms with E-state index in [1.807, 2.05) is 55.1 Å². The minimum absolute atomic E-state index is 0.0213. The third kappa shape index (κ3) is 2.66. The van der Waals surface area contributed by atoms with E-state index in [4.69, 9.17) is 9.15 Å². The molecular weight excluding hydrogens is 326 g/mol. The first-order valence-electron chi connectivity index (χ1n) is 9.04. The summed E-state index contributed by atoms with van der Waals surface area (Å²) in [6.07, 6.45) is 1.91. The lowest BCUT2D eigenvalue weighted by molar-refractivity contribution is 0.0703. The van der Waals surface area contributed by atoms with E-state index in [1.54, 1.807) is 7.11 Å². The van der Waals surface area contributed by atoms with Gasteiger partial charge in [-0.05, 0) is 44.9 Å². The van der Waals surface area contributed by atoms with Crippen molar-refractivity contribution in [2.45, 2.75) is 32.7 Å². The van der Waals surface area contributed by atoms with Crippen LogP contribution in [0.1, 0.15) is 46.1 Å². The van der Waals surface area contributed by atoms with Crippen molar-refractivity contribution in [1.29, 1.82) is 0 Å². The zero-order chi connectivity index (χ0) is 18.3. The third-order valence-electron chi connectivity index (χ3n) is 5.30. The summed E-state index contributed by atoms with van der Waals surface area (Å²) in [5, 5.41) is 1.02. The average Bonchev–Trinajstić information content (AvgIpc) is 3.26. The number of furan rings is 1. The summed E-state index contributed by atoms with van der Waals surface area (Å²) >= 11 is 0. The molecule has 0 aliphatic carbocycles. The van der Waals surface area contributed by atoms with Crippen molar-refractivity contribution >= 4 is 16.9 Å². The van der Waals surface area contributed by atoms with Gasteiger partial charge in [0.05, 0.1) is 13.2 Å². The van der Waals surface area contributed by atoms with Crippen molar-refractivity contribution < 1.29 is 13.9 Å². The molecule has 134 valence electrons. The van der Waals surface area contributed by atoms with Gasteiger partial charge in [0.2, 0.25) is 0 Å². The smallest absolute Gasteiger partial charge is 0.290 e. The molecule has 1 amide bonds. The van der Waals surface area contributed by atoms with Crippen molar-refractivity contribution in [2.24, 2.45) is 0 Å². The topological polar surface area (TPSA) is 42.7 Å². The number of methoxy groups -OCH3 is 1. The van der Waals surface area contributed by atoms with E-state index in [1.165, 1.54) is 0 Å². The van der Waals surface area contributed by atoms with Gasteiger partial charge in [-0.15, -0.1) is 0 Å². The van der Waals surface area contributed by atoms with Gasteiger partial charge in [0, 0.05) is 23.1 Å². The van der Waals surface area contributed by atoms with Gasteiger partial charge in [0.1, 0.15) is 11.3 Å². The van der Waals surface area contributed by atoms with Crippen LogP contribution in [0.2, 0.25) is 0 Å². The molecule has 1 saturated heterocycles. The Bertz CT molecular complexity index is 973. The fourth-order valence-corrected chi connectivity index (χ4v) is 3.94. The molecule has 3 aromatic rings. The van der Waals surface area contributed by atoms with E-state index in [-0.39, 0.29) is 11.9 Å². The molecule has 1 aliphatic heterocycles. The van der Waals surface area contributed by atoms with Crippen LogP contribution < -0.4 is 4.74 Å². The molecule has 0 bridgehead atoms. The highest BCUT2D eigenvalue weighted by Crippen LogP contribution is 2.38. The quantitative estimate of drug-likeness (QED) is 0.665. The maximum absolute atomic E-state index is 13.3. The summed E-state index contributed by atoms with van der Waals surface area (Å²) in [6, 6.07) is 14.0. The van der Waals surface area contributed by atoms with Crippen LogP contribution in [-0.2, 0) is 0 Å². The molecule has 26 heavy (non-hydrogen) atoms. The summed E-state index contributed by atoms with van der Waals surface area (Å²) in [7, 11) is 1.67. The van der Waals surface area contributed by atoms with Crippen molar-refractivity contribution in [3.63, 3.8) is 0 Å². The number of nitrogens with zero attached hydrogens (tertiary/aromatic N) is 1. The number of carbonyl (C=O) groups excluding carboxylic acids is 1. The highest BCUT2D eigenvalue weighted by molar-refractivity contribution is 5.99.